The Bertz CT molecular complexity index is 177. The smallest absolute Gasteiger partial charge is 0.547 e. The van der Waals surface area contributed by atoms with Crippen molar-refractivity contribution < 1.29 is 58.0 Å². The van der Waals surface area contributed by atoms with Crippen LogP contribution in [0.1, 0.15) is 0 Å². The molecule has 0 saturated carbocycles. The minimum absolute atomic E-state index is 0. The number of carboxylic acids is 1. The van der Waals surface area contributed by atoms with Crippen molar-refractivity contribution in [3.8, 4) is 0 Å². The molecule has 0 spiro atoms. The Morgan fingerprint density at radius 3 is 1.80 bits per heavy atom. The van der Waals surface area contributed by atoms with Crippen LogP contribution >= 0.6 is 0 Å². The zero-order chi connectivity index (χ0) is 10.6. The fraction of sp³-hybridized carbons (Fsp3) is 0.833. The Morgan fingerprint density at radius 2 is 1.53 bits per heavy atom. The van der Waals surface area contributed by atoms with E-state index in [0.29, 0.717) is 0 Å². The van der Waals surface area contributed by atoms with Crippen LogP contribution in [0.5, 0.6) is 0 Å². The molecule has 8 nitrogen and oxygen atoms in total. The predicted molar refractivity (Wildman–Crippen MR) is 39.7 cm³/mol. The number of aliphatic carboxylic acids is 1. The Labute approximate surface area is 95.6 Å². The standard InChI is InChI=1S/C6H12O7.Cu.H2O/c7-1-2(8)3(9)4(10)5(11)6(12)13;;/h2-5,7-11H,1H2,(H,12,13);;1H2/q;+2;/p-1/t2-,3-,4+,5-;;/m1../s1. The third kappa shape index (κ3) is 6.02. The van der Waals surface area contributed by atoms with E-state index in [1.54, 1.807) is 0 Å². The van der Waals surface area contributed by atoms with Crippen molar-refractivity contribution in [2.24, 2.45) is 0 Å². The van der Waals surface area contributed by atoms with Gasteiger partial charge in [-0.2, -0.15) is 0 Å². The summed E-state index contributed by atoms with van der Waals surface area (Å²) < 4.78 is 0. The molecule has 0 saturated heterocycles. The summed E-state index contributed by atoms with van der Waals surface area (Å²) in [6, 6.07) is 0. The van der Waals surface area contributed by atoms with Gasteiger partial charge in [0.2, 0.25) is 0 Å². The number of carbonyl (C=O) groups is 1. The Morgan fingerprint density at radius 1 is 1.13 bits per heavy atom. The van der Waals surface area contributed by atoms with E-state index in [0.717, 1.165) is 0 Å². The molecule has 0 rings (SSSR count). The van der Waals surface area contributed by atoms with Crippen LogP contribution in [0, 0.1) is 0 Å². The van der Waals surface area contributed by atoms with E-state index in [-0.39, 0.29) is 22.5 Å². The van der Waals surface area contributed by atoms with E-state index in [2.05, 4.69) is 0 Å². The number of hydrogen-bond donors (Lipinski definition) is 5. The van der Waals surface area contributed by atoms with Crippen molar-refractivity contribution in [2.75, 3.05) is 6.61 Å². The predicted octanol–water partition coefficient (Wildman–Crippen LogP) is -5.65. The molecular formula is C6H13CuO8+. The van der Waals surface area contributed by atoms with Crippen molar-refractivity contribution in [3.05, 3.63) is 0 Å². The maximum Gasteiger partial charge on any atom is 2.00 e. The topological polar surface area (TPSA) is 173 Å². The molecule has 0 aliphatic heterocycles. The second-order valence-corrected chi connectivity index (χ2v) is 2.49. The van der Waals surface area contributed by atoms with Gasteiger partial charge in [-0.25, -0.2) is 0 Å². The molecule has 0 aromatic carbocycles. The third-order valence-corrected chi connectivity index (χ3v) is 1.50. The van der Waals surface area contributed by atoms with Gasteiger partial charge in [-0.05, 0) is 0 Å². The summed E-state index contributed by atoms with van der Waals surface area (Å²) in [6.45, 7) is -0.863. The van der Waals surface area contributed by atoms with Gasteiger partial charge in [-0.15, -0.1) is 0 Å². The van der Waals surface area contributed by atoms with Crippen LogP contribution in [0.25, 0.3) is 0 Å². The Balaban J connectivity index is -0.000000720. The maximum absolute atomic E-state index is 9.98. The molecule has 0 aliphatic carbocycles. The number of carbonyl (C=O) groups excluding carboxylic acids is 1. The van der Waals surface area contributed by atoms with Gasteiger partial charge >= 0.3 is 17.1 Å². The number of aliphatic hydroxyl groups is 5. The van der Waals surface area contributed by atoms with Crippen molar-refractivity contribution in [3.63, 3.8) is 0 Å². The first-order chi connectivity index (χ1) is 5.91. The molecule has 0 heterocycles. The number of aliphatic hydroxyl groups excluding tert-OH is 5. The summed E-state index contributed by atoms with van der Waals surface area (Å²) >= 11 is 0. The zero-order valence-electron chi connectivity index (χ0n) is 7.37. The molecule has 15 heavy (non-hydrogen) atoms. The van der Waals surface area contributed by atoms with E-state index in [1.165, 1.54) is 0 Å². The van der Waals surface area contributed by atoms with Crippen molar-refractivity contribution in [1.82, 2.24) is 0 Å². The van der Waals surface area contributed by atoms with Gasteiger partial charge in [0.15, 0.2) is 0 Å². The Hall–Kier alpha value is -0.251. The third-order valence-electron chi connectivity index (χ3n) is 1.50. The van der Waals surface area contributed by atoms with Crippen LogP contribution in [0.3, 0.4) is 0 Å². The first kappa shape index (κ1) is 20.2. The molecule has 0 bridgehead atoms. The minimum Gasteiger partial charge on any atom is -0.547 e. The second-order valence-electron chi connectivity index (χ2n) is 2.49. The molecule has 0 aliphatic rings. The maximum atomic E-state index is 9.98. The SMILES string of the molecule is O.O=C([O-])[C@H](O)[C@@H](O)[C@H](O)[C@H](O)CO.[Cu+2]. The number of rotatable bonds is 5. The van der Waals surface area contributed by atoms with E-state index >= 15 is 0 Å². The minimum atomic E-state index is -2.31. The molecule has 9 heteroatoms. The van der Waals surface area contributed by atoms with Crippen molar-refractivity contribution in [2.45, 2.75) is 24.4 Å². The van der Waals surface area contributed by atoms with Crippen LogP contribution in [0.2, 0.25) is 0 Å². The fourth-order valence-electron chi connectivity index (χ4n) is 0.662. The normalized spacial score (nSPS) is 17.7. The summed E-state index contributed by atoms with van der Waals surface area (Å²) in [5, 5.41) is 53.4. The van der Waals surface area contributed by atoms with Crippen LogP contribution in [0.4, 0.5) is 0 Å². The van der Waals surface area contributed by atoms with Crippen LogP contribution in [0.15, 0.2) is 0 Å². The monoisotopic (exact) mass is 276 g/mol. The molecule has 0 aromatic rings. The zero-order valence-corrected chi connectivity index (χ0v) is 8.31. The summed E-state index contributed by atoms with van der Waals surface area (Å²) in [5.74, 6) is -1.98. The van der Waals surface area contributed by atoms with E-state index < -0.39 is 37.0 Å². The van der Waals surface area contributed by atoms with Gasteiger partial charge in [-0.3, -0.25) is 0 Å². The largest absolute Gasteiger partial charge is 2.00 e. The van der Waals surface area contributed by atoms with Crippen LogP contribution in [-0.2, 0) is 21.9 Å². The molecule has 1 radical (unpaired) electrons. The van der Waals surface area contributed by atoms with Gasteiger partial charge in [0, 0.05) is 0 Å². The first-order valence-corrected chi connectivity index (χ1v) is 3.45. The molecule has 0 fully saturated rings. The van der Waals surface area contributed by atoms with Gasteiger partial charge < -0.3 is 40.9 Å². The van der Waals surface area contributed by atoms with Gasteiger partial charge in [0.05, 0.1) is 12.6 Å². The molecule has 7 N–H and O–H groups in total. The van der Waals surface area contributed by atoms with Crippen molar-refractivity contribution >= 4 is 5.97 Å². The molecule has 0 aromatic heterocycles. The van der Waals surface area contributed by atoms with Crippen molar-refractivity contribution in [1.29, 1.82) is 0 Å². The average molecular weight is 277 g/mol. The average Bonchev–Trinajstić information content (AvgIpc) is 2.12. The second kappa shape index (κ2) is 9.01. The first-order valence-electron chi connectivity index (χ1n) is 3.45. The number of hydrogen-bond acceptors (Lipinski definition) is 7. The summed E-state index contributed by atoms with van der Waals surface area (Å²) in [4.78, 5) is 9.98. The quantitative estimate of drug-likeness (QED) is 0.311. The van der Waals surface area contributed by atoms with Crippen LogP contribution in [-0.4, -0.2) is 68.0 Å². The van der Waals surface area contributed by atoms with Gasteiger partial charge in [-0.1, -0.05) is 0 Å². The van der Waals surface area contributed by atoms with E-state index in [1.807, 2.05) is 0 Å². The van der Waals surface area contributed by atoms with Gasteiger partial charge in [0.1, 0.15) is 24.4 Å². The molecule has 0 unspecified atom stereocenters. The number of carboxylic acid groups (broad SMARTS) is 1. The summed E-state index contributed by atoms with van der Waals surface area (Å²) in [7, 11) is 0. The molecule has 0 amide bonds. The van der Waals surface area contributed by atoms with E-state index in [4.69, 9.17) is 25.5 Å². The van der Waals surface area contributed by atoms with E-state index in [9.17, 15) is 9.90 Å². The summed E-state index contributed by atoms with van der Waals surface area (Å²) in [5.41, 5.74) is 0. The molecular weight excluding hydrogens is 264 g/mol. The van der Waals surface area contributed by atoms with Crippen LogP contribution < -0.4 is 5.11 Å². The van der Waals surface area contributed by atoms with Gasteiger partial charge in [0.25, 0.3) is 0 Å². The molecule has 95 valence electrons. The fourth-order valence-corrected chi connectivity index (χ4v) is 0.662. The summed E-state index contributed by atoms with van der Waals surface area (Å²) in [6.07, 6.45) is -8.08. The Kier molecular flexibility index (Phi) is 12.1. The molecule has 4 atom stereocenters.